The summed E-state index contributed by atoms with van der Waals surface area (Å²) in [5, 5.41) is 19.3. The Morgan fingerprint density at radius 3 is 2.65 bits per heavy atom. The van der Waals surface area contributed by atoms with Gasteiger partial charge in [0.25, 0.3) is 5.69 Å². The molecule has 7 heteroatoms. The van der Waals surface area contributed by atoms with E-state index in [-0.39, 0.29) is 17.6 Å². The van der Waals surface area contributed by atoms with Crippen molar-refractivity contribution in [2.75, 3.05) is 0 Å². The van der Waals surface area contributed by atoms with Gasteiger partial charge in [-0.1, -0.05) is 6.07 Å². The maximum atomic E-state index is 11.2. The predicted octanol–water partition coefficient (Wildman–Crippen LogP) is 3.48. The highest BCUT2D eigenvalue weighted by Gasteiger charge is 2.23. The third kappa shape index (κ3) is 2.51. The highest BCUT2D eigenvalue weighted by Crippen LogP contribution is 2.31. The molecule has 0 aliphatic heterocycles. The van der Waals surface area contributed by atoms with Gasteiger partial charge in [-0.15, -0.1) is 21.8 Å². The van der Waals surface area contributed by atoms with E-state index in [1.165, 1.54) is 6.07 Å². The summed E-state index contributed by atoms with van der Waals surface area (Å²) in [6, 6.07) is 5.01. The molecule has 0 spiro atoms. The molecule has 0 bridgehead atoms. The van der Waals surface area contributed by atoms with Gasteiger partial charge in [-0.3, -0.25) is 10.1 Å². The largest absolute Gasteiger partial charge is 0.307 e. The Morgan fingerprint density at radius 2 is 2.10 bits per heavy atom. The first kappa shape index (κ1) is 14.5. The maximum Gasteiger partial charge on any atom is 0.280 e. The van der Waals surface area contributed by atoms with E-state index in [1.807, 2.05) is 25.3 Å². The van der Waals surface area contributed by atoms with E-state index in [9.17, 15) is 10.1 Å². The molecule has 0 radical (unpaired) electrons. The summed E-state index contributed by atoms with van der Waals surface area (Å²) in [5.41, 5.74) is 1.41. The molecule has 0 unspecified atom stereocenters. The lowest BCUT2D eigenvalue weighted by Crippen LogP contribution is -2.08. The molecule has 0 aliphatic carbocycles. The van der Waals surface area contributed by atoms with Crippen LogP contribution in [0.15, 0.2) is 18.2 Å². The zero-order valence-electron chi connectivity index (χ0n) is 11.5. The second-order valence-electron chi connectivity index (χ2n) is 4.81. The molecule has 0 fully saturated rings. The normalized spacial score (nSPS) is 11.1. The first-order chi connectivity index (χ1) is 9.45. The van der Waals surface area contributed by atoms with Crippen LogP contribution in [0.3, 0.4) is 0 Å². The third-order valence-corrected chi connectivity index (χ3v) is 3.23. The number of hydrogen-bond donors (Lipinski definition) is 0. The molecule has 0 amide bonds. The van der Waals surface area contributed by atoms with Crippen LogP contribution in [0.25, 0.3) is 11.4 Å². The van der Waals surface area contributed by atoms with Crippen LogP contribution >= 0.6 is 11.6 Å². The summed E-state index contributed by atoms with van der Waals surface area (Å²) in [6.07, 6.45) is 0. The molecular formula is C13H15ClN4O2. The van der Waals surface area contributed by atoms with Crippen LogP contribution in [0.1, 0.15) is 31.3 Å². The minimum Gasteiger partial charge on any atom is -0.307 e. The fourth-order valence-corrected chi connectivity index (χ4v) is 2.31. The highest BCUT2D eigenvalue weighted by atomic mass is 35.5. The molecule has 2 rings (SSSR count). The number of alkyl halides is 1. The van der Waals surface area contributed by atoms with Gasteiger partial charge in [0.2, 0.25) is 0 Å². The Bertz CT molecular complexity index is 652. The molecule has 106 valence electrons. The Morgan fingerprint density at radius 1 is 1.40 bits per heavy atom. The number of hydrogen-bond acceptors (Lipinski definition) is 4. The second kappa shape index (κ2) is 5.58. The van der Waals surface area contributed by atoms with E-state index in [4.69, 9.17) is 11.6 Å². The Balaban J connectivity index is 2.71. The Hall–Kier alpha value is -1.95. The predicted molar refractivity (Wildman–Crippen MR) is 76.8 cm³/mol. The highest BCUT2D eigenvalue weighted by molar-refractivity contribution is 6.16. The van der Waals surface area contributed by atoms with E-state index in [2.05, 4.69) is 10.2 Å². The molecule has 1 heterocycles. The van der Waals surface area contributed by atoms with Crippen LogP contribution in [0.2, 0.25) is 0 Å². The molecule has 0 saturated carbocycles. The van der Waals surface area contributed by atoms with Gasteiger partial charge in [0.15, 0.2) is 5.82 Å². The number of halogens is 1. The fourth-order valence-electron chi connectivity index (χ4n) is 2.13. The lowest BCUT2D eigenvalue weighted by atomic mass is 10.1. The number of benzene rings is 1. The van der Waals surface area contributed by atoms with Crippen molar-refractivity contribution in [1.82, 2.24) is 14.8 Å². The SMILES string of the molecule is Cc1ccc([N+](=O)[O-])c(-c2nnc(CCl)n2C(C)C)c1. The molecule has 1 aromatic heterocycles. The van der Waals surface area contributed by atoms with E-state index in [0.717, 1.165) is 5.56 Å². The number of aryl methyl sites for hydroxylation is 1. The number of nitrogens with zero attached hydrogens (tertiary/aromatic N) is 4. The zero-order chi connectivity index (χ0) is 14.9. The van der Waals surface area contributed by atoms with Crippen LogP contribution in [0.4, 0.5) is 5.69 Å². The molecule has 0 saturated heterocycles. The van der Waals surface area contributed by atoms with Gasteiger partial charge in [0.05, 0.1) is 16.4 Å². The smallest absolute Gasteiger partial charge is 0.280 e. The number of nitro benzene ring substituents is 1. The summed E-state index contributed by atoms with van der Waals surface area (Å²) in [7, 11) is 0. The van der Waals surface area contributed by atoms with Crippen molar-refractivity contribution in [1.29, 1.82) is 0 Å². The monoisotopic (exact) mass is 294 g/mol. The topological polar surface area (TPSA) is 73.8 Å². The number of aromatic nitrogens is 3. The molecule has 1 aromatic carbocycles. The van der Waals surface area contributed by atoms with E-state index < -0.39 is 4.92 Å². The van der Waals surface area contributed by atoms with Crippen LogP contribution in [-0.4, -0.2) is 19.7 Å². The molecular weight excluding hydrogens is 280 g/mol. The number of nitro groups is 1. The van der Waals surface area contributed by atoms with Gasteiger partial charge < -0.3 is 4.57 Å². The van der Waals surface area contributed by atoms with Gasteiger partial charge in [-0.2, -0.15) is 0 Å². The Kier molecular flexibility index (Phi) is 4.04. The van der Waals surface area contributed by atoms with Crippen LogP contribution < -0.4 is 0 Å². The van der Waals surface area contributed by atoms with Crippen molar-refractivity contribution in [2.24, 2.45) is 0 Å². The molecule has 0 atom stereocenters. The van der Waals surface area contributed by atoms with E-state index in [1.54, 1.807) is 12.1 Å². The van der Waals surface area contributed by atoms with Crippen molar-refractivity contribution >= 4 is 17.3 Å². The average Bonchev–Trinajstić information content (AvgIpc) is 2.81. The fraction of sp³-hybridized carbons (Fsp3) is 0.385. The number of rotatable bonds is 4. The minimum absolute atomic E-state index is 0.0195. The molecule has 0 aliphatic rings. The second-order valence-corrected chi connectivity index (χ2v) is 5.08. The lowest BCUT2D eigenvalue weighted by Gasteiger charge is -2.13. The van der Waals surface area contributed by atoms with Crippen molar-refractivity contribution in [3.63, 3.8) is 0 Å². The van der Waals surface area contributed by atoms with E-state index in [0.29, 0.717) is 17.2 Å². The molecule has 2 aromatic rings. The standard InChI is InChI=1S/C13H15ClN4O2/c1-8(2)17-12(7-14)15-16-13(17)10-6-9(3)4-5-11(10)18(19)20/h4-6,8H,7H2,1-3H3. The van der Waals surface area contributed by atoms with Gasteiger partial charge in [-0.05, 0) is 32.4 Å². The molecule has 6 nitrogen and oxygen atoms in total. The van der Waals surface area contributed by atoms with Gasteiger partial charge in [-0.25, -0.2) is 0 Å². The van der Waals surface area contributed by atoms with Crippen LogP contribution in [0.5, 0.6) is 0 Å². The average molecular weight is 295 g/mol. The first-order valence-electron chi connectivity index (χ1n) is 6.20. The third-order valence-electron chi connectivity index (χ3n) is 2.99. The minimum atomic E-state index is -0.408. The summed E-state index contributed by atoms with van der Waals surface area (Å²) in [4.78, 5) is 10.8. The van der Waals surface area contributed by atoms with Gasteiger partial charge >= 0.3 is 0 Å². The van der Waals surface area contributed by atoms with Crippen molar-refractivity contribution < 1.29 is 4.92 Å². The Labute approximate surface area is 121 Å². The van der Waals surface area contributed by atoms with Crippen molar-refractivity contribution in [3.8, 4) is 11.4 Å². The van der Waals surface area contributed by atoms with Crippen molar-refractivity contribution in [2.45, 2.75) is 32.7 Å². The summed E-state index contributed by atoms with van der Waals surface area (Å²) >= 11 is 5.85. The first-order valence-corrected chi connectivity index (χ1v) is 6.74. The zero-order valence-corrected chi connectivity index (χ0v) is 12.3. The molecule has 0 N–H and O–H groups in total. The van der Waals surface area contributed by atoms with Gasteiger partial charge in [0, 0.05) is 12.1 Å². The quantitative estimate of drug-likeness (QED) is 0.491. The maximum absolute atomic E-state index is 11.2. The van der Waals surface area contributed by atoms with Crippen LogP contribution in [-0.2, 0) is 5.88 Å². The van der Waals surface area contributed by atoms with Gasteiger partial charge in [0.1, 0.15) is 5.82 Å². The van der Waals surface area contributed by atoms with Crippen LogP contribution in [0, 0.1) is 17.0 Å². The van der Waals surface area contributed by atoms with E-state index >= 15 is 0 Å². The summed E-state index contributed by atoms with van der Waals surface area (Å²) in [5.74, 6) is 1.30. The van der Waals surface area contributed by atoms with Crippen molar-refractivity contribution in [3.05, 3.63) is 39.7 Å². The lowest BCUT2D eigenvalue weighted by molar-refractivity contribution is -0.384. The molecule has 20 heavy (non-hydrogen) atoms. The summed E-state index contributed by atoms with van der Waals surface area (Å²) < 4.78 is 1.83. The summed E-state index contributed by atoms with van der Waals surface area (Å²) in [6.45, 7) is 5.81.